The van der Waals surface area contributed by atoms with Crippen molar-refractivity contribution in [1.29, 1.82) is 0 Å². The van der Waals surface area contributed by atoms with Crippen LogP contribution in [0, 0.1) is 11.7 Å². The highest BCUT2D eigenvalue weighted by Crippen LogP contribution is 2.36. The number of benzene rings is 1. The van der Waals surface area contributed by atoms with Crippen LogP contribution in [-0.4, -0.2) is 25.0 Å². The van der Waals surface area contributed by atoms with Gasteiger partial charge in [0.2, 0.25) is 5.91 Å². The van der Waals surface area contributed by atoms with Crippen LogP contribution in [0.4, 0.5) is 4.39 Å². The lowest BCUT2D eigenvalue weighted by atomic mass is 9.76. The van der Waals surface area contributed by atoms with Crippen molar-refractivity contribution >= 4 is 5.91 Å². The Bertz CT molecular complexity index is 452. The summed E-state index contributed by atoms with van der Waals surface area (Å²) in [6.07, 6.45) is 2.67. The number of amides is 1. The summed E-state index contributed by atoms with van der Waals surface area (Å²) in [5.41, 5.74) is 1.21. The highest BCUT2D eigenvalue weighted by Gasteiger charge is 2.29. The molecule has 1 fully saturated rings. The van der Waals surface area contributed by atoms with Gasteiger partial charge in [0.1, 0.15) is 5.82 Å². The van der Waals surface area contributed by atoms with Crippen molar-refractivity contribution in [3.8, 4) is 0 Å². The van der Waals surface area contributed by atoms with Gasteiger partial charge in [-0.1, -0.05) is 26.0 Å². The van der Waals surface area contributed by atoms with Gasteiger partial charge in [-0.2, -0.15) is 0 Å². The lowest BCUT2D eigenvalue weighted by Crippen LogP contribution is -2.41. The molecule has 1 aromatic rings. The zero-order chi connectivity index (χ0) is 15.2. The third-order valence-corrected chi connectivity index (χ3v) is 3.97. The number of rotatable bonds is 7. The molecule has 0 unspecified atom stereocenters. The Hall–Kier alpha value is -1.42. The van der Waals surface area contributed by atoms with Crippen LogP contribution in [0.3, 0.4) is 0 Å². The normalized spacial score (nSPS) is 21.1. The molecule has 0 atom stereocenters. The summed E-state index contributed by atoms with van der Waals surface area (Å²) in [7, 11) is 0. The average Bonchev–Trinajstić information content (AvgIpc) is 2.40. The molecule has 0 heterocycles. The van der Waals surface area contributed by atoms with E-state index < -0.39 is 0 Å². The van der Waals surface area contributed by atoms with Crippen molar-refractivity contribution in [1.82, 2.24) is 10.6 Å². The predicted molar refractivity (Wildman–Crippen MR) is 82.6 cm³/mol. The second kappa shape index (κ2) is 7.55. The van der Waals surface area contributed by atoms with Crippen molar-refractivity contribution < 1.29 is 9.18 Å². The van der Waals surface area contributed by atoms with Gasteiger partial charge in [-0.05, 0) is 42.4 Å². The molecule has 3 nitrogen and oxygen atoms in total. The SMILES string of the molecule is CC(C)CNC(=O)CCNC1CC(c2ccc(F)cc2)C1. The Labute approximate surface area is 126 Å². The first-order valence-corrected chi connectivity index (χ1v) is 7.80. The molecule has 2 N–H and O–H groups in total. The van der Waals surface area contributed by atoms with E-state index in [-0.39, 0.29) is 11.7 Å². The smallest absolute Gasteiger partial charge is 0.221 e. The monoisotopic (exact) mass is 292 g/mol. The Kier molecular flexibility index (Phi) is 5.74. The zero-order valence-corrected chi connectivity index (χ0v) is 12.9. The standard InChI is InChI=1S/C17H25FN2O/c1-12(2)11-20-17(21)7-8-19-16-9-14(10-16)13-3-5-15(18)6-4-13/h3-6,12,14,16,19H,7-11H2,1-2H3,(H,20,21). The van der Waals surface area contributed by atoms with Crippen LogP contribution in [0.2, 0.25) is 0 Å². The first-order valence-electron chi connectivity index (χ1n) is 7.80. The van der Waals surface area contributed by atoms with Gasteiger partial charge in [0, 0.05) is 25.6 Å². The van der Waals surface area contributed by atoms with Crippen molar-refractivity contribution in [3.63, 3.8) is 0 Å². The topological polar surface area (TPSA) is 41.1 Å². The maximum absolute atomic E-state index is 12.9. The molecular weight excluding hydrogens is 267 g/mol. The second-order valence-corrected chi connectivity index (χ2v) is 6.32. The van der Waals surface area contributed by atoms with Crippen LogP contribution in [0.15, 0.2) is 24.3 Å². The van der Waals surface area contributed by atoms with Crippen LogP contribution in [0.25, 0.3) is 0 Å². The maximum atomic E-state index is 12.9. The van der Waals surface area contributed by atoms with E-state index >= 15 is 0 Å². The molecule has 116 valence electrons. The minimum atomic E-state index is -0.180. The Morgan fingerprint density at radius 3 is 2.57 bits per heavy atom. The third kappa shape index (κ3) is 5.12. The first-order chi connectivity index (χ1) is 10.0. The van der Waals surface area contributed by atoms with E-state index in [1.54, 1.807) is 0 Å². The average molecular weight is 292 g/mol. The lowest BCUT2D eigenvalue weighted by molar-refractivity contribution is -0.121. The van der Waals surface area contributed by atoms with Crippen molar-refractivity contribution in [2.24, 2.45) is 5.92 Å². The largest absolute Gasteiger partial charge is 0.356 e. The highest BCUT2D eigenvalue weighted by molar-refractivity contribution is 5.76. The van der Waals surface area contributed by atoms with Gasteiger partial charge in [-0.25, -0.2) is 4.39 Å². The lowest BCUT2D eigenvalue weighted by Gasteiger charge is -2.36. The summed E-state index contributed by atoms with van der Waals surface area (Å²) in [5, 5.41) is 6.33. The van der Waals surface area contributed by atoms with E-state index in [1.807, 2.05) is 12.1 Å². The molecule has 4 heteroatoms. The molecule has 2 rings (SSSR count). The fraction of sp³-hybridized carbons (Fsp3) is 0.588. The number of hydrogen-bond acceptors (Lipinski definition) is 2. The van der Waals surface area contributed by atoms with Gasteiger partial charge in [-0.3, -0.25) is 4.79 Å². The van der Waals surface area contributed by atoms with Crippen LogP contribution >= 0.6 is 0 Å². The Morgan fingerprint density at radius 2 is 1.95 bits per heavy atom. The summed E-state index contributed by atoms with van der Waals surface area (Å²) in [6.45, 7) is 5.64. The molecule has 0 saturated heterocycles. The highest BCUT2D eigenvalue weighted by atomic mass is 19.1. The van der Waals surface area contributed by atoms with Gasteiger partial charge in [0.15, 0.2) is 0 Å². The molecule has 1 saturated carbocycles. The van der Waals surface area contributed by atoms with E-state index in [2.05, 4.69) is 24.5 Å². The van der Waals surface area contributed by atoms with E-state index in [0.29, 0.717) is 24.3 Å². The van der Waals surface area contributed by atoms with Gasteiger partial charge in [-0.15, -0.1) is 0 Å². The fourth-order valence-electron chi connectivity index (χ4n) is 2.59. The predicted octanol–water partition coefficient (Wildman–Crippen LogP) is 2.82. The number of nitrogens with one attached hydrogen (secondary N) is 2. The second-order valence-electron chi connectivity index (χ2n) is 6.32. The minimum Gasteiger partial charge on any atom is -0.356 e. The number of carbonyl (C=O) groups excluding carboxylic acids is 1. The number of hydrogen-bond donors (Lipinski definition) is 2. The van der Waals surface area contributed by atoms with E-state index in [0.717, 1.165) is 25.9 Å². The maximum Gasteiger partial charge on any atom is 0.221 e. The van der Waals surface area contributed by atoms with Crippen molar-refractivity contribution in [2.45, 2.75) is 45.1 Å². The summed E-state index contributed by atoms with van der Waals surface area (Å²) < 4.78 is 12.9. The quantitative estimate of drug-likeness (QED) is 0.811. The van der Waals surface area contributed by atoms with Gasteiger partial charge in [0.05, 0.1) is 0 Å². The molecule has 1 amide bonds. The molecular formula is C17H25FN2O. The molecule has 0 aliphatic heterocycles. The molecule has 1 aromatic carbocycles. The summed E-state index contributed by atoms with van der Waals surface area (Å²) in [6, 6.07) is 7.27. The molecule has 0 bridgehead atoms. The number of halogens is 1. The van der Waals surface area contributed by atoms with E-state index in [9.17, 15) is 9.18 Å². The molecule has 1 aliphatic carbocycles. The molecule has 1 aliphatic rings. The minimum absolute atomic E-state index is 0.116. The summed E-state index contributed by atoms with van der Waals surface area (Å²) in [5.74, 6) is 0.952. The summed E-state index contributed by atoms with van der Waals surface area (Å²) >= 11 is 0. The van der Waals surface area contributed by atoms with Gasteiger partial charge < -0.3 is 10.6 Å². The van der Waals surface area contributed by atoms with Gasteiger partial charge >= 0.3 is 0 Å². The van der Waals surface area contributed by atoms with Crippen LogP contribution in [0.5, 0.6) is 0 Å². The third-order valence-electron chi connectivity index (χ3n) is 3.97. The van der Waals surface area contributed by atoms with E-state index in [1.165, 1.54) is 17.7 Å². The van der Waals surface area contributed by atoms with Crippen LogP contribution in [0.1, 0.15) is 44.6 Å². The van der Waals surface area contributed by atoms with Crippen molar-refractivity contribution in [3.05, 3.63) is 35.6 Å². The Balaban J connectivity index is 1.58. The van der Waals surface area contributed by atoms with Crippen LogP contribution in [-0.2, 0) is 4.79 Å². The fourth-order valence-corrected chi connectivity index (χ4v) is 2.59. The summed E-state index contributed by atoms with van der Waals surface area (Å²) in [4.78, 5) is 11.6. The van der Waals surface area contributed by atoms with Crippen molar-refractivity contribution in [2.75, 3.05) is 13.1 Å². The molecule has 0 spiro atoms. The first kappa shape index (κ1) is 16.0. The molecule has 0 aromatic heterocycles. The Morgan fingerprint density at radius 1 is 1.29 bits per heavy atom. The van der Waals surface area contributed by atoms with Crippen LogP contribution < -0.4 is 10.6 Å². The zero-order valence-electron chi connectivity index (χ0n) is 12.9. The van der Waals surface area contributed by atoms with Gasteiger partial charge in [0.25, 0.3) is 0 Å². The number of carbonyl (C=O) groups is 1. The molecule has 0 radical (unpaired) electrons. The van der Waals surface area contributed by atoms with E-state index in [4.69, 9.17) is 0 Å². The molecule has 21 heavy (non-hydrogen) atoms.